The highest BCUT2D eigenvalue weighted by atomic mass is 16.6. The molecule has 2 atom stereocenters. The van der Waals surface area contributed by atoms with Crippen LogP contribution in [0.3, 0.4) is 0 Å². The summed E-state index contributed by atoms with van der Waals surface area (Å²) in [5.41, 5.74) is 0. The summed E-state index contributed by atoms with van der Waals surface area (Å²) in [5, 5.41) is 0. The third-order valence-electron chi connectivity index (χ3n) is 14.8. The van der Waals surface area contributed by atoms with Crippen LogP contribution in [0.1, 0.15) is 350 Å². The number of hydrogen-bond acceptors (Lipinski definition) is 6. The summed E-state index contributed by atoms with van der Waals surface area (Å²) in [5.74, 6) is 1.74. The van der Waals surface area contributed by atoms with Gasteiger partial charge in [0.2, 0.25) is 0 Å². The van der Waals surface area contributed by atoms with Crippen LogP contribution in [0.15, 0.2) is 0 Å². The zero-order valence-corrected chi connectivity index (χ0v) is 47.6. The van der Waals surface area contributed by atoms with Crippen molar-refractivity contribution in [2.24, 2.45) is 17.8 Å². The summed E-state index contributed by atoms with van der Waals surface area (Å²) in [7, 11) is 0. The Morgan fingerprint density at radius 2 is 0.507 bits per heavy atom. The number of esters is 3. The Hall–Kier alpha value is -1.59. The van der Waals surface area contributed by atoms with Gasteiger partial charge in [0, 0.05) is 19.3 Å². The Bertz CT molecular complexity index is 1070. The molecule has 0 heterocycles. The number of unbranched alkanes of at least 4 members (excludes halogenated alkanes) is 38. The fourth-order valence-corrected chi connectivity index (χ4v) is 9.67. The molecule has 0 aliphatic rings. The van der Waals surface area contributed by atoms with E-state index in [0.717, 1.165) is 75.5 Å². The van der Waals surface area contributed by atoms with E-state index in [9.17, 15) is 14.4 Å². The third kappa shape index (κ3) is 55.6. The summed E-state index contributed by atoms with van der Waals surface area (Å²) in [4.78, 5) is 38.3. The van der Waals surface area contributed by atoms with Gasteiger partial charge in [0.1, 0.15) is 13.2 Å². The third-order valence-corrected chi connectivity index (χ3v) is 14.8. The average Bonchev–Trinajstić information content (AvgIpc) is 3.32. The van der Waals surface area contributed by atoms with Crippen LogP contribution in [-0.2, 0) is 28.6 Å². The molecule has 6 nitrogen and oxygen atoms in total. The molecule has 0 saturated heterocycles. The SMILES string of the molecule is CCC(C)CCCCCCCCCCCCCCCCC(=O)O[C@H](COC(=O)CCCCCCCCCCCCCCCCCCC(C)C)COC(=O)CCCCCCCCCCCCCC(C)C. The molecule has 0 spiro atoms. The van der Waals surface area contributed by atoms with E-state index >= 15 is 0 Å². The van der Waals surface area contributed by atoms with Crippen molar-refractivity contribution >= 4 is 17.9 Å². The van der Waals surface area contributed by atoms with Crippen LogP contribution in [0.25, 0.3) is 0 Å². The summed E-state index contributed by atoms with van der Waals surface area (Å²) >= 11 is 0. The Kier molecular flexibility index (Phi) is 52.9. The van der Waals surface area contributed by atoms with Gasteiger partial charge < -0.3 is 14.2 Å². The first kappa shape index (κ1) is 67.4. The summed E-state index contributed by atoms with van der Waals surface area (Å²) < 4.78 is 16.9. The van der Waals surface area contributed by atoms with E-state index in [1.54, 1.807) is 0 Å². The molecule has 0 aromatic heterocycles. The molecular formula is C63H122O6. The van der Waals surface area contributed by atoms with Gasteiger partial charge in [-0.2, -0.15) is 0 Å². The van der Waals surface area contributed by atoms with Crippen molar-refractivity contribution in [2.75, 3.05) is 13.2 Å². The van der Waals surface area contributed by atoms with E-state index < -0.39 is 6.10 Å². The van der Waals surface area contributed by atoms with Gasteiger partial charge in [0.25, 0.3) is 0 Å². The molecule has 0 radical (unpaired) electrons. The fraction of sp³-hybridized carbons (Fsp3) is 0.952. The predicted octanol–water partition coefficient (Wildman–Crippen LogP) is 20.7. The van der Waals surface area contributed by atoms with Gasteiger partial charge in [-0.05, 0) is 37.0 Å². The highest BCUT2D eigenvalue weighted by molar-refractivity contribution is 5.71. The van der Waals surface area contributed by atoms with E-state index in [2.05, 4.69) is 41.5 Å². The van der Waals surface area contributed by atoms with Crippen molar-refractivity contribution in [1.82, 2.24) is 0 Å². The molecule has 69 heavy (non-hydrogen) atoms. The fourth-order valence-electron chi connectivity index (χ4n) is 9.67. The molecule has 0 aliphatic carbocycles. The minimum absolute atomic E-state index is 0.0629. The van der Waals surface area contributed by atoms with E-state index in [1.807, 2.05) is 0 Å². The standard InChI is InChI=1S/C63H122O6/c1-7-59(6)51-45-39-33-27-21-15-12-13-17-23-30-36-42-48-54-63(66)69-60(56-68-62(65)53-47-41-35-29-24-18-20-26-32-38-44-50-58(4)5)55-67-61(64)52-46-40-34-28-22-16-11-9-8-10-14-19-25-31-37-43-49-57(2)3/h57-60H,7-56H2,1-6H3/t59?,60-/m1/s1. The maximum absolute atomic E-state index is 12.9. The molecule has 0 N–H and O–H groups in total. The molecule has 0 fully saturated rings. The van der Waals surface area contributed by atoms with Crippen LogP contribution in [0.2, 0.25) is 0 Å². The summed E-state index contributed by atoms with van der Waals surface area (Å²) in [6, 6.07) is 0. The molecule has 0 aromatic carbocycles. The Morgan fingerprint density at radius 1 is 0.290 bits per heavy atom. The molecule has 6 heteroatoms. The minimum atomic E-state index is -0.764. The minimum Gasteiger partial charge on any atom is -0.462 e. The Balaban J connectivity index is 4.29. The van der Waals surface area contributed by atoms with Crippen LogP contribution in [0, 0.1) is 17.8 Å². The maximum Gasteiger partial charge on any atom is 0.306 e. The van der Waals surface area contributed by atoms with Crippen molar-refractivity contribution in [3.05, 3.63) is 0 Å². The monoisotopic (exact) mass is 975 g/mol. The van der Waals surface area contributed by atoms with Gasteiger partial charge in [0.15, 0.2) is 6.10 Å². The van der Waals surface area contributed by atoms with Gasteiger partial charge in [-0.15, -0.1) is 0 Å². The number of carbonyl (C=O) groups is 3. The second-order valence-electron chi connectivity index (χ2n) is 22.9. The lowest BCUT2D eigenvalue weighted by Crippen LogP contribution is -2.30. The lowest BCUT2D eigenvalue weighted by Gasteiger charge is -2.18. The second kappa shape index (κ2) is 54.2. The van der Waals surface area contributed by atoms with Crippen molar-refractivity contribution in [1.29, 1.82) is 0 Å². The van der Waals surface area contributed by atoms with Gasteiger partial charge in [-0.1, -0.05) is 311 Å². The van der Waals surface area contributed by atoms with E-state index in [1.165, 1.54) is 231 Å². The normalized spacial score (nSPS) is 12.5. The van der Waals surface area contributed by atoms with Gasteiger partial charge >= 0.3 is 17.9 Å². The Morgan fingerprint density at radius 3 is 0.754 bits per heavy atom. The average molecular weight is 976 g/mol. The highest BCUT2D eigenvalue weighted by Gasteiger charge is 2.19. The number of hydrogen-bond donors (Lipinski definition) is 0. The van der Waals surface area contributed by atoms with Crippen LogP contribution in [0.4, 0.5) is 0 Å². The van der Waals surface area contributed by atoms with Crippen molar-refractivity contribution in [2.45, 2.75) is 356 Å². The van der Waals surface area contributed by atoms with Gasteiger partial charge in [0.05, 0.1) is 0 Å². The molecule has 410 valence electrons. The largest absolute Gasteiger partial charge is 0.462 e. The first-order chi connectivity index (χ1) is 33.6. The first-order valence-electron chi connectivity index (χ1n) is 31.1. The maximum atomic E-state index is 12.9. The number of ether oxygens (including phenoxy) is 3. The lowest BCUT2D eigenvalue weighted by molar-refractivity contribution is -0.167. The molecular weight excluding hydrogens is 853 g/mol. The Labute approximate surface area is 431 Å². The van der Waals surface area contributed by atoms with E-state index in [-0.39, 0.29) is 31.1 Å². The number of carbonyl (C=O) groups excluding carboxylic acids is 3. The second-order valence-corrected chi connectivity index (χ2v) is 22.9. The highest BCUT2D eigenvalue weighted by Crippen LogP contribution is 2.19. The van der Waals surface area contributed by atoms with Crippen LogP contribution >= 0.6 is 0 Å². The molecule has 1 unspecified atom stereocenters. The van der Waals surface area contributed by atoms with Gasteiger partial charge in [-0.25, -0.2) is 0 Å². The molecule has 0 rings (SSSR count). The van der Waals surface area contributed by atoms with E-state index in [4.69, 9.17) is 14.2 Å². The summed E-state index contributed by atoms with van der Waals surface area (Å²) in [6.45, 7) is 13.8. The van der Waals surface area contributed by atoms with E-state index in [0.29, 0.717) is 19.3 Å². The van der Waals surface area contributed by atoms with Crippen molar-refractivity contribution < 1.29 is 28.6 Å². The van der Waals surface area contributed by atoms with Crippen LogP contribution < -0.4 is 0 Å². The van der Waals surface area contributed by atoms with Crippen LogP contribution in [0.5, 0.6) is 0 Å². The predicted molar refractivity (Wildman–Crippen MR) is 298 cm³/mol. The van der Waals surface area contributed by atoms with Crippen molar-refractivity contribution in [3.63, 3.8) is 0 Å². The van der Waals surface area contributed by atoms with Gasteiger partial charge in [-0.3, -0.25) is 14.4 Å². The topological polar surface area (TPSA) is 78.9 Å². The first-order valence-corrected chi connectivity index (χ1v) is 31.1. The quantitative estimate of drug-likeness (QED) is 0.0343. The zero-order valence-electron chi connectivity index (χ0n) is 47.6. The van der Waals surface area contributed by atoms with Crippen molar-refractivity contribution in [3.8, 4) is 0 Å². The molecule has 0 saturated carbocycles. The molecule has 0 aliphatic heterocycles. The zero-order chi connectivity index (χ0) is 50.5. The smallest absolute Gasteiger partial charge is 0.306 e. The molecule has 0 bridgehead atoms. The summed E-state index contributed by atoms with van der Waals surface area (Å²) in [6.07, 6.45) is 58.1. The lowest BCUT2D eigenvalue weighted by atomic mass is 9.99. The number of rotatable bonds is 56. The molecule has 0 amide bonds. The van der Waals surface area contributed by atoms with Crippen LogP contribution in [-0.4, -0.2) is 37.2 Å². The molecule has 0 aromatic rings.